The van der Waals surface area contributed by atoms with Crippen molar-refractivity contribution in [2.75, 3.05) is 52.5 Å². The first-order chi connectivity index (χ1) is 19.1. The Balaban J connectivity index is 0.000000351. The van der Waals surface area contributed by atoms with Gasteiger partial charge >= 0.3 is 0 Å². The van der Waals surface area contributed by atoms with E-state index in [2.05, 4.69) is 79.5 Å². The zero-order valence-electron chi connectivity index (χ0n) is 28.3. The monoisotopic (exact) mass is 571 g/mol. The van der Waals surface area contributed by atoms with Gasteiger partial charge in [0.1, 0.15) is 6.10 Å². The molecule has 1 saturated heterocycles. The van der Waals surface area contributed by atoms with Crippen LogP contribution in [0.3, 0.4) is 0 Å². The number of hydrogen-bond acceptors (Lipinski definition) is 6. The largest absolute Gasteiger partial charge is 0.389 e. The van der Waals surface area contributed by atoms with Crippen LogP contribution in [0, 0.1) is 35.5 Å². The summed E-state index contributed by atoms with van der Waals surface area (Å²) in [6.45, 7) is 29.5. The van der Waals surface area contributed by atoms with Gasteiger partial charge in [0.25, 0.3) is 0 Å². The topological polar surface area (TPSA) is 66.5 Å². The lowest BCUT2D eigenvalue weighted by atomic mass is 9.75. The average molecular weight is 571 g/mol. The van der Waals surface area contributed by atoms with Gasteiger partial charge in [-0.05, 0) is 87.4 Å². The van der Waals surface area contributed by atoms with E-state index in [0.717, 1.165) is 76.0 Å². The van der Waals surface area contributed by atoms with Gasteiger partial charge in [0.2, 0.25) is 0 Å². The Kier molecular flexibility index (Phi) is 20.3. The van der Waals surface area contributed by atoms with E-state index in [4.69, 9.17) is 14.2 Å². The molecule has 0 amide bonds. The summed E-state index contributed by atoms with van der Waals surface area (Å²) < 4.78 is 17.3. The number of ether oxygens (including phenoxy) is 3. The van der Waals surface area contributed by atoms with E-state index in [9.17, 15) is 5.11 Å². The fraction of sp³-hybridized carbons (Fsp3) is 1.00. The lowest BCUT2D eigenvalue weighted by Gasteiger charge is -2.37. The number of hydrogen-bond donors (Lipinski definition) is 2. The van der Waals surface area contributed by atoms with Crippen LogP contribution in [-0.4, -0.2) is 87.0 Å². The maximum Gasteiger partial charge on any atom is 0.104 e. The van der Waals surface area contributed by atoms with Crippen molar-refractivity contribution in [1.29, 1.82) is 0 Å². The van der Waals surface area contributed by atoms with Crippen LogP contribution in [0.25, 0.3) is 0 Å². The maximum atomic E-state index is 10.1. The molecule has 8 unspecified atom stereocenters. The molecule has 2 aliphatic carbocycles. The highest BCUT2D eigenvalue weighted by Crippen LogP contribution is 2.36. The molecule has 240 valence electrons. The quantitative estimate of drug-likeness (QED) is 0.228. The Hall–Kier alpha value is -0.240. The SMILES string of the molecule is CC1CCC(C(C)C)C(OCC2CO2)C1.CCN(CC)CC(O)COC1CC(C)CCC1C(C)C.CCNCC. The van der Waals surface area contributed by atoms with Crippen LogP contribution in [0.5, 0.6) is 0 Å². The van der Waals surface area contributed by atoms with Crippen LogP contribution in [-0.2, 0) is 14.2 Å². The molecule has 6 nitrogen and oxygen atoms in total. The molecule has 1 aliphatic heterocycles. The Labute approximate surface area is 249 Å². The van der Waals surface area contributed by atoms with Gasteiger partial charge in [-0.15, -0.1) is 0 Å². The standard InChI is InChI=1S/C17H35NO2.C13H24O2.C4H11N/c1-6-18(7-2)11-15(19)12-20-17-10-14(5)8-9-16(17)13(3)4;1-9(2)12-5-4-10(3)6-13(12)15-8-11-7-14-11;1-3-5-4-2/h13-17,19H,6-12H2,1-5H3;9-13H,4-8H2,1-3H3;5H,3-4H2,1-2H3. The second-order valence-electron chi connectivity index (χ2n) is 13.4. The van der Waals surface area contributed by atoms with E-state index in [-0.39, 0.29) is 6.10 Å². The van der Waals surface area contributed by atoms with Crippen molar-refractivity contribution in [2.45, 2.75) is 132 Å². The Bertz CT molecular complexity index is 594. The molecular formula is C34H70N2O4. The Morgan fingerprint density at radius 2 is 1.27 bits per heavy atom. The highest BCUT2D eigenvalue weighted by atomic mass is 16.6. The van der Waals surface area contributed by atoms with Crippen molar-refractivity contribution in [3.05, 3.63) is 0 Å². The smallest absolute Gasteiger partial charge is 0.104 e. The molecule has 3 fully saturated rings. The zero-order chi connectivity index (χ0) is 30.1. The minimum atomic E-state index is -0.361. The first kappa shape index (κ1) is 37.8. The van der Waals surface area contributed by atoms with Crippen molar-refractivity contribution in [1.82, 2.24) is 10.2 Å². The molecule has 2 saturated carbocycles. The van der Waals surface area contributed by atoms with Gasteiger partial charge in [-0.3, -0.25) is 0 Å². The third kappa shape index (κ3) is 15.8. The number of aliphatic hydroxyl groups is 1. The normalized spacial score (nSPS) is 30.9. The molecule has 3 aliphatic rings. The van der Waals surface area contributed by atoms with Gasteiger partial charge in [-0.25, -0.2) is 0 Å². The number of nitrogens with one attached hydrogen (secondary N) is 1. The number of epoxide rings is 1. The molecule has 0 radical (unpaired) electrons. The van der Waals surface area contributed by atoms with Gasteiger partial charge in [-0.2, -0.15) is 0 Å². The van der Waals surface area contributed by atoms with Crippen LogP contribution in [0.1, 0.15) is 108 Å². The van der Waals surface area contributed by atoms with Crippen LogP contribution in [0.15, 0.2) is 0 Å². The number of rotatable bonds is 14. The predicted octanol–water partition coefficient (Wildman–Crippen LogP) is 6.64. The minimum Gasteiger partial charge on any atom is -0.389 e. The molecule has 0 spiro atoms. The third-order valence-corrected chi connectivity index (χ3v) is 9.19. The summed E-state index contributed by atoms with van der Waals surface area (Å²) in [4.78, 5) is 2.25. The molecule has 0 aromatic rings. The molecule has 0 bridgehead atoms. The lowest BCUT2D eigenvalue weighted by Crippen LogP contribution is -2.39. The molecule has 2 N–H and O–H groups in total. The number of aliphatic hydroxyl groups excluding tert-OH is 1. The summed E-state index contributed by atoms with van der Waals surface area (Å²) >= 11 is 0. The molecular weight excluding hydrogens is 500 g/mol. The molecule has 6 heteroatoms. The lowest BCUT2D eigenvalue weighted by molar-refractivity contribution is -0.0735. The summed E-state index contributed by atoms with van der Waals surface area (Å²) in [6.07, 6.45) is 8.59. The van der Waals surface area contributed by atoms with E-state index >= 15 is 0 Å². The number of nitrogens with zero attached hydrogens (tertiary/aromatic N) is 1. The van der Waals surface area contributed by atoms with Crippen molar-refractivity contribution < 1.29 is 19.3 Å². The van der Waals surface area contributed by atoms with E-state index in [1.807, 2.05) is 0 Å². The summed E-state index contributed by atoms with van der Waals surface area (Å²) in [6, 6.07) is 0. The van der Waals surface area contributed by atoms with Crippen molar-refractivity contribution >= 4 is 0 Å². The fourth-order valence-electron chi connectivity index (χ4n) is 6.33. The van der Waals surface area contributed by atoms with Crippen LogP contribution in [0.4, 0.5) is 0 Å². The van der Waals surface area contributed by atoms with Crippen molar-refractivity contribution in [2.24, 2.45) is 35.5 Å². The minimum absolute atomic E-state index is 0.338. The Morgan fingerprint density at radius 1 is 0.800 bits per heavy atom. The van der Waals surface area contributed by atoms with Gasteiger partial charge in [-0.1, -0.05) is 82.1 Å². The highest BCUT2D eigenvalue weighted by Gasteiger charge is 2.34. The third-order valence-electron chi connectivity index (χ3n) is 9.19. The Morgan fingerprint density at radius 3 is 1.65 bits per heavy atom. The first-order valence-electron chi connectivity index (χ1n) is 17.0. The highest BCUT2D eigenvalue weighted by molar-refractivity contribution is 4.83. The predicted molar refractivity (Wildman–Crippen MR) is 170 cm³/mol. The van der Waals surface area contributed by atoms with Crippen molar-refractivity contribution in [3.63, 3.8) is 0 Å². The van der Waals surface area contributed by atoms with E-state index in [0.29, 0.717) is 36.8 Å². The second kappa shape index (κ2) is 21.4. The van der Waals surface area contributed by atoms with Crippen LogP contribution >= 0.6 is 0 Å². The molecule has 1 heterocycles. The van der Waals surface area contributed by atoms with Crippen LogP contribution < -0.4 is 5.32 Å². The van der Waals surface area contributed by atoms with Gasteiger partial charge in [0.05, 0.1) is 38.1 Å². The number of likely N-dealkylation sites (N-methyl/N-ethyl adjacent to an activating group) is 1. The fourth-order valence-corrected chi connectivity index (χ4v) is 6.33. The summed E-state index contributed by atoms with van der Waals surface area (Å²) in [5.74, 6) is 4.45. The molecule has 40 heavy (non-hydrogen) atoms. The van der Waals surface area contributed by atoms with Gasteiger partial charge in [0.15, 0.2) is 0 Å². The zero-order valence-corrected chi connectivity index (χ0v) is 28.3. The molecule has 0 aromatic carbocycles. The van der Waals surface area contributed by atoms with Crippen molar-refractivity contribution in [3.8, 4) is 0 Å². The van der Waals surface area contributed by atoms with E-state index < -0.39 is 0 Å². The average Bonchev–Trinajstić information content (AvgIpc) is 3.75. The van der Waals surface area contributed by atoms with Crippen LogP contribution in [0.2, 0.25) is 0 Å². The second-order valence-corrected chi connectivity index (χ2v) is 13.4. The van der Waals surface area contributed by atoms with E-state index in [1.54, 1.807) is 0 Å². The van der Waals surface area contributed by atoms with Gasteiger partial charge in [0, 0.05) is 6.54 Å². The van der Waals surface area contributed by atoms with E-state index in [1.165, 1.54) is 32.1 Å². The summed E-state index contributed by atoms with van der Waals surface area (Å²) in [7, 11) is 0. The molecule has 8 atom stereocenters. The summed E-state index contributed by atoms with van der Waals surface area (Å²) in [5, 5.41) is 13.2. The molecule has 3 rings (SSSR count). The summed E-state index contributed by atoms with van der Waals surface area (Å²) in [5.41, 5.74) is 0. The maximum absolute atomic E-state index is 10.1. The van der Waals surface area contributed by atoms with Gasteiger partial charge < -0.3 is 29.5 Å². The first-order valence-corrected chi connectivity index (χ1v) is 17.0. The molecule has 0 aromatic heterocycles.